The van der Waals surface area contributed by atoms with Crippen LogP contribution in [0.15, 0.2) is 79.3 Å². The number of hydrogen-bond donors (Lipinski definition) is 1. The Labute approximate surface area is 220 Å². The second kappa shape index (κ2) is 11.8. The molecule has 8 heteroatoms. The van der Waals surface area contributed by atoms with Crippen molar-refractivity contribution in [2.45, 2.75) is 26.4 Å². The molecule has 0 atom stereocenters. The van der Waals surface area contributed by atoms with Crippen LogP contribution in [0.4, 0.5) is 10.1 Å². The maximum absolute atomic E-state index is 14.5. The Morgan fingerprint density at radius 2 is 1.94 bits per heavy atom. The van der Waals surface area contributed by atoms with E-state index in [-0.39, 0.29) is 5.82 Å². The van der Waals surface area contributed by atoms with Crippen molar-refractivity contribution in [3.05, 3.63) is 118 Å². The molecule has 0 saturated carbocycles. The zero-order valence-electron chi connectivity index (χ0n) is 19.8. The van der Waals surface area contributed by atoms with E-state index in [1.54, 1.807) is 18.5 Å². The van der Waals surface area contributed by atoms with Crippen LogP contribution < -0.4 is 5.32 Å². The highest BCUT2D eigenvalue weighted by atomic mass is 35.5. The molecule has 0 fully saturated rings. The first-order chi connectivity index (χ1) is 17.4. The standard InChI is InChI=1S/C28H25ClFN5S/c1-20-6-11-24(14-26(20)29)33-28(36)34(18-23-4-2-3-5-27(23)30)13-12-25-16-32-19-35(25)17-22-9-7-21(15-31)8-10-22/h2-11,14,16,19H,12-13,17-18H2,1H3,(H,33,36). The number of nitriles is 1. The van der Waals surface area contributed by atoms with Crippen LogP contribution in [-0.4, -0.2) is 26.1 Å². The van der Waals surface area contributed by atoms with Crippen LogP contribution >= 0.6 is 23.8 Å². The van der Waals surface area contributed by atoms with Crippen LogP contribution in [0.2, 0.25) is 5.02 Å². The number of benzene rings is 3. The van der Waals surface area contributed by atoms with E-state index in [4.69, 9.17) is 29.1 Å². The number of aryl methyl sites for hydroxylation is 1. The van der Waals surface area contributed by atoms with Crippen molar-refractivity contribution in [3.8, 4) is 6.07 Å². The SMILES string of the molecule is Cc1ccc(NC(=S)N(CCc2cncn2Cc2ccc(C#N)cc2)Cc2ccccc2F)cc1Cl. The number of nitrogens with one attached hydrogen (secondary N) is 1. The zero-order chi connectivity index (χ0) is 25.5. The molecule has 36 heavy (non-hydrogen) atoms. The highest BCUT2D eigenvalue weighted by Gasteiger charge is 2.15. The maximum Gasteiger partial charge on any atom is 0.173 e. The lowest BCUT2D eigenvalue weighted by molar-refractivity contribution is 0.408. The normalized spacial score (nSPS) is 10.6. The summed E-state index contributed by atoms with van der Waals surface area (Å²) in [7, 11) is 0. The number of nitrogens with zero attached hydrogens (tertiary/aromatic N) is 4. The van der Waals surface area contributed by atoms with Crippen LogP contribution in [0.1, 0.15) is 27.9 Å². The molecule has 4 rings (SSSR count). The summed E-state index contributed by atoms with van der Waals surface area (Å²) in [4.78, 5) is 6.27. The van der Waals surface area contributed by atoms with Gasteiger partial charge >= 0.3 is 0 Å². The molecule has 0 amide bonds. The Morgan fingerprint density at radius 1 is 1.17 bits per heavy atom. The Kier molecular flexibility index (Phi) is 8.32. The van der Waals surface area contributed by atoms with E-state index < -0.39 is 0 Å². The number of anilines is 1. The van der Waals surface area contributed by atoms with Crippen molar-refractivity contribution in [2.75, 3.05) is 11.9 Å². The van der Waals surface area contributed by atoms with Gasteiger partial charge in [0.1, 0.15) is 5.82 Å². The van der Waals surface area contributed by atoms with Gasteiger partial charge in [-0.3, -0.25) is 0 Å². The van der Waals surface area contributed by atoms with Crippen molar-refractivity contribution in [3.63, 3.8) is 0 Å². The largest absolute Gasteiger partial charge is 0.344 e. The third-order valence-electron chi connectivity index (χ3n) is 5.90. The van der Waals surface area contributed by atoms with Gasteiger partial charge in [0.25, 0.3) is 0 Å². The molecule has 0 bridgehead atoms. The molecule has 0 aliphatic carbocycles. The molecular weight excluding hydrogens is 493 g/mol. The lowest BCUT2D eigenvalue weighted by Crippen LogP contribution is -2.36. The fourth-order valence-electron chi connectivity index (χ4n) is 3.79. The average molecular weight is 518 g/mol. The number of imidazole rings is 1. The van der Waals surface area contributed by atoms with Gasteiger partial charge in [0.2, 0.25) is 0 Å². The van der Waals surface area contributed by atoms with Crippen molar-refractivity contribution in [1.82, 2.24) is 14.5 Å². The quantitative estimate of drug-likeness (QED) is 0.276. The summed E-state index contributed by atoms with van der Waals surface area (Å²) >= 11 is 12.0. The lowest BCUT2D eigenvalue weighted by atomic mass is 10.1. The first-order valence-corrected chi connectivity index (χ1v) is 12.2. The van der Waals surface area contributed by atoms with Gasteiger partial charge in [-0.25, -0.2) is 9.37 Å². The molecule has 0 aliphatic rings. The van der Waals surface area contributed by atoms with E-state index in [1.807, 2.05) is 66.6 Å². The third kappa shape index (κ3) is 6.48. The number of aromatic nitrogens is 2. The van der Waals surface area contributed by atoms with Crippen molar-refractivity contribution < 1.29 is 4.39 Å². The van der Waals surface area contributed by atoms with E-state index in [1.165, 1.54) is 6.07 Å². The van der Waals surface area contributed by atoms with E-state index in [0.29, 0.717) is 47.3 Å². The van der Waals surface area contributed by atoms with Crippen LogP contribution in [0.3, 0.4) is 0 Å². The first-order valence-electron chi connectivity index (χ1n) is 11.5. The van der Waals surface area contributed by atoms with Crippen molar-refractivity contribution in [2.24, 2.45) is 0 Å². The monoisotopic (exact) mass is 517 g/mol. The average Bonchev–Trinajstić information content (AvgIpc) is 3.32. The van der Waals surface area contributed by atoms with Crippen LogP contribution in [0.5, 0.6) is 0 Å². The van der Waals surface area contributed by atoms with E-state index in [9.17, 15) is 4.39 Å². The molecule has 1 heterocycles. The molecule has 182 valence electrons. The van der Waals surface area contributed by atoms with Crippen molar-refractivity contribution >= 4 is 34.6 Å². The molecule has 5 nitrogen and oxygen atoms in total. The Balaban J connectivity index is 1.50. The highest BCUT2D eigenvalue weighted by Crippen LogP contribution is 2.21. The van der Waals surface area contributed by atoms with Gasteiger partial charge in [-0.2, -0.15) is 5.26 Å². The van der Waals surface area contributed by atoms with E-state index in [2.05, 4.69) is 20.9 Å². The summed E-state index contributed by atoms with van der Waals surface area (Å²) in [6, 6.07) is 22.0. The van der Waals surface area contributed by atoms with Gasteiger partial charge in [-0.05, 0) is 60.6 Å². The molecule has 0 radical (unpaired) electrons. The molecular formula is C28H25ClFN5S. The van der Waals surface area contributed by atoms with Gasteiger partial charge in [0, 0.05) is 54.2 Å². The van der Waals surface area contributed by atoms with Gasteiger partial charge in [-0.1, -0.05) is 48.0 Å². The highest BCUT2D eigenvalue weighted by molar-refractivity contribution is 7.80. The second-order valence-electron chi connectivity index (χ2n) is 8.48. The summed E-state index contributed by atoms with van der Waals surface area (Å²) in [5, 5.41) is 13.4. The minimum absolute atomic E-state index is 0.269. The van der Waals surface area contributed by atoms with Gasteiger partial charge in [0.15, 0.2) is 5.11 Å². The Morgan fingerprint density at radius 3 is 2.67 bits per heavy atom. The van der Waals surface area contributed by atoms with E-state index in [0.717, 1.165) is 22.5 Å². The molecule has 3 aromatic carbocycles. The van der Waals surface area contributed by atoms with Crippen LogP contribution in [0.25, 0.3) is 0 Å². The molecule has 0 spiro atoms. The Hall–Kier alpha value is -3.73. The summed E-state index contributed by atoms with van der Waals surface area (Å²) in [5.74, 6) is -0.269. The minimum Gasteiger partial charge on any atom is -0.344 e. The smallest absolute Gasteiger partial charge is 0.173 e. The molecule has 0 unspecified atom stereocenters. The first kappa shape index (κ1) is 25.4. The molecule has 4 aromatic rings. The van der Waals surface area contributed by atoms with Gasteiger partial charge in [-0.15, -0.1) is 0 Å². The summed E-state index contributed by atoms with van der Waals surface area (Å²) < 4.78 is 16.5. The molecule has 0 saturated heterocycles. The zero-order valence-corrected chi connectivity index (χ0v) is 21.4. The Bertz CT molecular complexity index is 1390. The molecule has 1 N–H and O–H groups in total. The van der Waals surface area contributed by atoms with Crippen molar-refractivity contribution in [1.29, 1.82) is 5.26 Å². The molecule has 1 aromatic heterocycles. The number of hydrogen-bond acceptors (Lipinski definition) is 3. The topological polar surface area (TPSA) is 56.9 Å². The van der Waals surface area contributed by atoms with E-state index >= 15 is 0 Å². The number of rotatable bonds is 8. The van der Waals surface area contributed by atoms with Crippen LogP contribution in [0, 0.1) is 24.1 Å². The number of thiocarbonyl (C=S) groups is 1. The maximum atomic E-state index is 14.5. The predicted octanol–water partition coefficient (Wildman–Crippen LogP) is 6.35. The summed E-state index contributed by atoms with van der Waals surface area (Å²) in [6.07, 6.45) is 4.28. The lowest BCUT2D eigenvalue weighted by Gasteiger charge is -2.26. The predicted molar refractivity (Wildman–Crippen MR) is 145 cm³/mol. The minimum atomic E-state index is -0.269. The fourth-order valence-corrected chi connectivity index (χ4v) is 4.24. The van der Waals surface area contributed by atoms with Gasteiger partial charge < -0.3 is 14.8 Å². The van der Waals surface area contributed by atoms with Gasteiger partial charge in [0.05, 0.1) is 18.0 Å². The second-order valence-corrected chi connectivity index (χ2v) is 9.27. The molecule has 0 aliphatic heterocycles. The summed E-state index contributed by atoms with van der Waals surface area (Å²) in [5.41, 5.74) is 5.05. The van der Waals surface area contributed by atoms with Crippen LogP contribution in [-0.2, 0) is 19.5 Å². The fraction of sp³-hybridized carbons (Fsp3) is 0.179. The summed E-state index contributed by atoms with van der Waals surface area (Å²) in [6.45, 7) is 3.45. The number of halogens is 2. The third-order valence-corrected chi connectivity index (χ3v) is 6.67.